The van der Waals surface area contributed by atoms with E-state index in [0.717, 1.165) is 5.56 Å². The summed E-state index contributed by atoms with van der Waals surface area (Å²) in [7, 11) is 0. The molecule has 31 heavy (non-hydrogen) atoms. The third-order valence-electron chi connectivity index (χ3n) is 4.23. The first kappa shape index (κ1) is 22.0. The summed E-state index contributed by atoms with van der Waals surface area (Å²) in [6.45, 7) is 5.18. The molecule has 1 heterocycles. The molecule has 160 valence electrons. The number of esters is 1. The standard InChI is InChI=1S/C24H25N3O4/c1-24(2,3)31-21(29)16-27-15-19(25-20(28)14-17-10-6-4-7-11-17)23(30)26-22(27)18-12-8-5-9-13-18/h4-13,15H,14,16H2,1-3H3,(H,25,28). The number of ether oxygens (including phenoxy) is 1. The highest BCUT2D eigenvalue weighted by atomic mass is 16.6. The van der Waals surface area contributed by atoms with Crippen LogP contribution in [0.25, 0.3) is 11.4 Å². The van der Waals surface area contributed by atoms with Gasteiger partial charge in [-0.25, -0.2) is 0 Å². The summed E-state index contributed by atoms with van der Waals surface area (Å²) in [6, 6.07) is 18.3. The number of hydrogen-bond acceptors (Lipinski definition) is 5. The molecule has 0 bridgehead atoms. The summed E-state index contributed by atoms with van der Waals surface area (Å²) in [5.74, 6) is -0.504. The molecule has 0 aliphatic rings. The number of carbonyl (C=O) groups excluding carboxylic acids is 2. The lowest BCUT2D eigenvalue weighted by atomic mass is 10.1. The second kappa shape index (κ2) is 9.38. The fourth-order valence-corrected chi connectivity index (χ4v) is 3.01. The van der Waals surface area contributed by atoms with Crippen molar-refractivity contribution in [2.24, 2.45) is 0 Å². The van der Waals surface area contributed by atoms with E-state index >= 15 is 0 Å². The highest BCUT2D eigenvalue weighted by Crippen LogP contribution is 2.18. The predicted octanol–water partition coefficient (Wildman–Crippen LogP) is 3.43. The van der Waals surface area contributed by atoms with Crippen molar-refractivity contribution >= 4 is 17.6 Å². The molecular weight excluding hydrogens is 394 g/mol. The van der Waals surface area contributed by atoms with E-state index in [4.69, 9.17) is 4.74 Å². The van der Waals surface area contributed by atoms with E-state index in [1.807, 2.05) is 48.5 Å². The maximum atomic E-state index is 12.6. The zero-order valence-electron chi connectivity index (χ0n) is 17.8. The van der Waals surface area contributed by atoms with Crippen molar-refractivity contribution in [3.8, 4) is 11.4 Å². The lowest BCUT2D eigenvalue weighted by molar-refractivity contribution is -0.155. The number of amides is 1. The van der Waals surface area contributed by atoms with E-state index < -0.39 is 17.1 Å². The van der Waals surface area contributed by atoms with Gasteiger partial charge in [-0.05, 0) is 26.3 Å². The number of nitrogens with one attached hydrogen (secondary N) is 1. The summed E-state index contributed by atoms with van der Waals surface area (Å²) in [5.41, 5.74) is 0.265. The van der Waals surface area contributed by atoms with Gasteiger partial charge in [0.05, 0.1) is 6.42 Å². The first-order chi connectivity index (χ1) is 14.7. The van der Waals surface area contributed by atoms with Gasteiger partial charge in [0.25, 0.3) is 5.56 Å². The Hall–Kier alpha value is -3.74. The van der Waals surface area contributed by atoms with Crippen LogP contribution in [0.5, 0.6) is 0 Å². The van der Waals surface area contributed by atoms with E-state index in [1.165, 1.54) is 10.8 Å². The molecule has 0 saturated carbocycles. The van der Waals surface area contributed by atoms with Crippen LogP contribution < -0.4 is 10.9 Å². The summed E-state index contributed by atoms with van der Waals surface area (Å²) in [5, 5.41) is 2.61. The molecule has 7 nitrogen and oxygen atoms in total. The summed E-state index contributed by atoms with van der Waals surface area (Å²) >= 11 is 0. The van der Waals surface area contributed by atoms with Gasteiger partial charge in [0.2, 0.25) is 5.91 Å². The molecule has 0 spiro atoms. The van der Waals surface area contributed by atoms with E-state index in [-0.39, 0.29) is 24.6 Å². The molecule has 0 saturated heterocycles. The van der Waals surface area contributed by atoms with Gasteiger partial charge in [0.1, 0.15) is 23.7 Å². The molecule has 0 radical (unpaired) electrons. The number of benzene rings is 2. The van der Waals surface area contributed by atoms with Gasteiger partial charge in [0, 0.05) is 11.8 Å². The number of aromatic nitrogens is 2. The van der Waals surface area contributed by atoms with Gasteiger partial charge in [-0.1, -0.05) is 60.7 Å². The fraction of sp³-hybridized carbons (Fsp3) is 0.250. The minimum atomic E-state index is -0.650. The zero-order chi connectivity index (χ0) is 22.4. The van der Waals surface area contributed by atoms with Crippen molar-refractivity contribution in [1.29, 1.82) is 0 Å². The SMILES string of the molecule is CC(C)(C)OC(=O)Cn1cc(NC(=O)Cc2ccccc2)c(=O)nc1-c1ccccc1. The normalized spacial score (nSPS) is 11.1. The van der Waals surface area contributed by atoms with Crippen molar-refractivity contribution in [2.45, 2.75) is 39.3 Å². The Kier molecular flexibility index (Phi) is 6.65. The number of rotatable bonds is 6. The summed E-state index contributed by atoms with van der Waals surface area (Å²) in [4.78, 5) is 41.6. The van der Waals surface area contributed by atoms with Crippen LogP contribution in [0.15, 0.2) is 71.7 Å². The molecular formula is C24H25N3O4. The fourth-order valence-electron chi connectivity index (χ4n) is 3.01. The quantitative estimate of drug-likeness (QED) is 0.618. The Morgan fingerprint density at radius 1 is 1.00 bits per heavy atom. The summed E-state index contributed by atoms with van der Waals surface area (Å²) < 4.78 is 6.93. The van der Waals surface area contributed by atoms with Crippen molar-refractivity contribution in [3.05, 3.63) is 82.8 Å². The van der Waals surface area contributed by atoms with Crippen LogP contribution >= 0.6 is 0 Å². The second-order valence-corrected chi connectivity index (χ2v) is 8.07. The summed E-state index contributed by atoms with van der Waals surface area (Å²) in [6.07, 6.45) is 1.55. The molecule has 1 aromatic heterocycles. The van der Waals surface area contributed by atoms with Crippen LogP contribution in [0.1, 0.15) is 26.3 Å². The minimum absolute atomic E-state index is 0.00386. The van der Waals surface area contributed by atoms with Crippen LogP contribution in [0.3, 0.4) is 0 Å². The Bertz CT molecular complexity index is 1120. The molecule has 1 amide bonds. The van der Waals surface area contributed by atoms with Crippen LogP contribution in [0.2, 0.25) is 0 Å². The molecule has 0 fully saturated rings. The first-order valence-electron chi connectivity index (χ1n) is 9.94. The molecule has 3 aromatic rings. The maximum Gasteiger partial charge on any atom is 0.326 e. The Morgan fingerprint density at radius 2 is 1.61 bits per heavy atom. The van der Waals surface area contributed by atoms with Gasteiger partial charge >= 0.3 is 5.97 Å². The molecule has 0 aliphatic carbocycles. The lowest BCUT2D eigenvalue weighted by Crippen LogP contribution is -2.29. The average Bonchev–Trinajstić information content (AvgIpc) is 2.70. The highest BCUT2D eigenvalue weighted by molar-refractivity contribution is 5.92. The number of anilines is 1. The first-order valence-corrected chi connectivity index (χ1v) is 9.94. The van der Waals surface area contributed by atoms with Crippen LogP contribution in [0, 0.1) is 0 Å². The van der Waals surface area contributed by atoms with Crippen molar-refractivity contribution < 1.29 is 14.3 Å². The van der Waals surface area contributed by atoms with Gasteiger partial charge < -0.3 is 14.6 Å². The van der Waals surface area contributed by atoms with E-state index in [1.54, 1.807) is 32.9 Å². The topological polar surface area (TPSA) is 90.3 Å². The van der Waals surface area contributed by atoms with E-state index in [0.29, 0.717) is 11.4 Å². The molecule has 0 unspecified atom stereocenters. The van der Waals surface area contributed by atoms with Crippen LogP contribution in [-0.2, 0) is 27.3 Å². The molecule has 0 aliphatic heterocycles. The third-order valence-corrected chi connectivity index (χ3v) is 4.23. The maximum absolute atomic E-state index is 12.6. The van der Waals surface area contributed by atoms with Crippen LogP contribution in [0.4, 0.5) is 5.69 Å². The smallest absolute Gasteiger partial charge is 0.326 e. The van der Waals surface area contributed by atoms with Gasteiger partial charge in [-0.3, -0.25) is 14.4 Å². The van der Waals surface area contributed by atoms with Gasteiger partial charge in [0.15, 0.2) is 0 Å². The van der Waals surface area contributed by atoms with Crippen molar-refractivity contribution in [1.82, 2.24) is 9.55 Å². The highest BCUT2D eigenvalue weighted by Gasteiger charge is 2.19. The molecule has 2 aromatic carbocycles. The third kappa shape index (κ3) is 6.37. The monoisotopic (exact) mass is 419 g/mol. The zero-order valence-corrected chi connectivity index (χ0v) is 17.8. The number of carbonyl (C=O) groups is 2. The largest absolute Gasteiger partial charge is 0.459 e. The Balaban J connectivity index is 1.91. The van der Waals surface area contributed by atoms with Gasteiger partial charge in [-0.2, -0.15) is 4.98 Å². The van der Waals surface area contributed by atoms with Gasteiger partial charge in [-0.15, -0.1) is 0 Å². The number of nitrogens with zero attached hydrogens (tertiary/aromatic N) is 2. The average molecular weight is 419 g/mol. The second-order valence-electron chi connectivity index (χ2n) is 8.07. The van der Waals surface area contributed by atoms with E-state index in [9.17, 15) is 14.4 Å². The molecule has 7 heteroatoms. The van der Waals surface area contributed by atoms with Crippen molar-refractivity contribution in [2.75, 3.05) is 5.32 Å². The molecule has 1 N–H and O–H groups in total. The Morgan fingerprint density at radius 3 is 2.23 bits per heavy atom. The molecule has 0 atom stereocenters. The van der Waals surface area contributed by atoms with Crippen molar-refractivity contribution in [3.63, 3.8) is 0 Å². The van der Waals surface area contributed by atoms with E-state index in [2.05, 4.69) is 10.3 Å². The predicted molar refractivity (Wildman–Crippen MR) is 119 cm³/mol. The minimum Gasteiger partial charge on any atom is -0.459 e. The molecule has 3 rings (SSSR count). The Labute approximate surface area is 180 Å². The lowest BCUT2D eigenvalue weighted by Gasteiger charge is -2.21. The number of hydrogen-bond donors (Lipinski definition) is 1. The van der Waals surface area contributed by atoms with Crippen LogP contribution in [-0.4, -0.2) is 27.0 Å².